The van der Waals surface area contributed by atoms with E-state index in [-0.39, 0.29) is 19.1 Å². The second-order valence-corrected chi connectivity index (χ2v) is 6.33. The van der Waals surface area contributed by atoms with Gasteiger partial charge in [0.25, 0.3) is 11.8 Å². The molecule has 1 aliphatic heterocycles. The number of carbonyl (C=O) groups excluding carboxylic acids is 3. The molecule has 3 amide bonds. The van der Waals surface area contributed by atoms with Crippen LogP contribution < -0.4 is 5.32 Å². The van der Waals surface area contributed by atoms with Crippen molar-refractivity contribution in [2.45, 2.75) is 6.04 Å². The highest BCUT2D eigenvalue weighted by Crippen LogP contribution is 2.20. The molecule has 2 aromatic carbocycles. The second kappa shape index (κ2) is 7.48. The van der Waals surface area contributed by atoms with Crippen molar-refractivity contribution in [2.24, 2.45) is 0 Å². The van der Waals surface area contributed by atoms with Crippen LogP contribution in [0.2, 0.25) is 0 Å². The van der Waals surface area contributed by atoms with Crippen molar-refractivity contribution in [2.75, 3.05) is 13.2 Å². The minimum atomic E-state index is -0.693. The molecule has 6 nitrogen and oxygen atoms in total. The Morgan fingerprint density at radius 1 is 1.12 bits per heavy atom. The van der Waals surface area contributed by atoms with Gasteiger partial charge in [0.1, 0.15) is 0 Å². The van der Waals surface area contributed by atoms with E-state index < -0.39 is 18.0 Å². The van der Waals surface area contributed by atoms with E-state index in [4.69, 9.17) is 4.74 Å². The number of nitrogens with zero attached hydrogens (tertiary/aromatic N) is 1. The molecule has 1 saturated heterocycles. The quantitative estimate of drug-likeness (QED) is 0.833. The van der Waals surface area contributed by atoms with E-state index >= 15 is 0 Å². The van der Waals surface area contributed by atoms with Crippen molar-refractivity contribution >= 4 is 33.8 Å². The number of halogens is 1. The first-order valence-electron chi connectivity index (χ1n) is 7.63. The lowest BCUT2D eigenvalue weighted by Gasteiger charge is -2.23. The summed E-state index contributed by atoms with van der Waals surface area (Å²) in [6.07, 6.45) is -0.693. The Morgan fingerprint density at radius 2 is 1.80 bits per heavy atom. The molecule has 0 bridgehead atoms. The van der Waals surface area contributed by atoms with Gasteiger partial charge in [-0.05, 0) is 33.6 Å². The van der Waals surface area contributed by atoms with Crippen molar-refractivity contribution < 1.29 is 19.1 Å². The van der Waals surface area contributed by atoms with Crippen LogP contribution in [0.5, 0.6) is 0 Å². The SMILES string of the molecule is O=C(NC(CN1C(=O)COC1=O)c1ccccc1)c1ccccc1Br. The van der Waals surface area contributed by atoms with Gasteiger partial charge in [-0.25, -0.2) is 9.69 Å². The topological polar surface area (TPSA) is 75.7 Å². The lowest BCUT2D eigenvalue weighted by Crippen LogP contribution is -2.40. The maximum absolute atomic E-state index is 12.6. The summed E-state index contributed by atoms with van der Waals surface area (Å²) in [6.45, 7) is -0.254. The Hall–Kier alpha value is -2.67. The number of ether oxygens (including phenoxy) is 1. The van der Waals surface area contributed by atoms with E-state index in [2.05, 4.69) is 21.2 Å². The average Bonchev–Trinajstić information content (AvgIpc) is 2.94. The summed E-state index contributed by atoms with van der Waals surface area (Å²) in [5.41, 5.74) is 1.26. The molecule has 1 unspecified atom stereocenters. The molecular weight excluding hydrogens is 388 g/mol. The molecule has 7 heteroatoms. The lowest BCUT2D eigenvalue weighted by molar-refractivity contribution is -0.126. The van der Waals surface area contributed by atoms with Crippen LogP contribution in [0.3, 0.4) is 0 Å². The van der Waals surface area contributed by atoms with Gasteiger partial charge in [-0.3, -0.25) is 9.59 Å². The van der Waals surface area contributed by atoms with Gasteiger partial charge in [0.15, 0.2) is 6.61 Å². The van der Waals surface area contributed by atoms with Crippen molar-refractivity contribution in [1.82, 2.24) is 10.2 Å². The summed E-state index contributed by atoms with van der Waals surface area (Å²) < 4.78 is 5.40. The number of imide groups is 1. The van der Waals surface area contributed by atoms with E-state index in [9.17, 15) is 14.4 Å². The molecule has 3 rings (SSSR count). The highest BCUT2D eigenvalue weighted by atomic mass is 79.9. The predicted octanol–water partition coefficient (Wildman–Crippen LogP) is 2.90. The zero-order valence-electron chi connectivity index (χ0n) is 13.1. The summed E-state index contributed by atoms with van der Waals surface area (Å²) in [5, 5.41) is 2.89. The first-order valence-corrected chi connectivity index (χ1v) is 8.43. The second-order valence-electron chi connectivity index (χ2n) is 5.48. The number of carbonyl (C=O) groups is 3. The Balaban J connectivity index is 1.84. The molecule has 0 aromatic heterocycles. The van der Waals surface area contributed by atoms with Crippen LogP contribution in [-0.4, -0.2) is 36.0 Å². The van der Waals surface area contributed by atoms with Crippen molar-refractivity contribution in [1.29, 1.82) is 0 Å². The fourth-order valence-electron chi connectivity index (χ4n) is 2.54. The lowest BCUT2D eigenvalue weighted by atomic mass is 10.1. The average molecular weight is 403 g/mol. The summed E-state index contributed by atoms with van der Waals surface area (Å²) in [6, 6.07) is 15.7. The Labute approximate surface area is 152 Å². The summed E-state index contributed by atoms with van der Waals surface area (Å²) in [7, 11) is 0. The van der Waals surface area contributed by atoms with Gasteiger partial charge in [0, 0.05) is 4.47 Å². The molecule has 1 fully saturated rings. The number of hydrogen-bond donors (Lipinski definition) is 1. The molecule has 2 aromatic rings. The van der Waals surface area contributed by atoms with E-state index in [1.165, 1.54) is 0 Å². The molecule has 0 radical (unpaired) electrons. The monoisotopic (exact) mass is 402 g/mol. The minimum absolute atomic E-state index is 0.0118. The summed E-state index contributed by atoms with van der Waals surface area (Å²) >= 11 is 3.35. The predicted molar refractivity (Wildman–Crippen MR) is 93.9 cm³/mol. The van der Waals surface area contributed by atoms with Gasteiger partial charge in [-0.2, -0.15) is 0 Å². The molecule has 1 N–H and O–H groups in total. The molecule has 0 spiro atoms. The van der Waals surface area contributed by atoms with Crippen molar-refractivity contribution in [3.05, 3.63) is 70.2 Å². The third-order valence-corrected chi connectivity index (χ3v) is 4.52. The molecule has 1 aliphatic rings. The Bertz CT molecular complexity index is 794. The van der Waals surface area contributed by atoms with Crippen molar-refractivity contribution in [3.63, 3.8) is 0 Å². The zero-order chi connectivity index (χ0) is 17.8. The van der Waals surface area contributed by atoms with Crippen molar-refractivity contribution in [3.8, 4) is 0 Å². The maximum atomic E-state index is 12.6. The molecule has 1 heterocycles. The number of benzene rings is 2. The highest BCUT2D eigenvalue weighted by Gasteiger charge is 2.33. The van der Waals surface area contributed by atoms with Gasteiger partial charge in [0.05, 0.1) is 18.2 Å². The molecule has 0 aliphatic carbocycles. The normalized spacial score (nSPS) is 15.0. The van der Waals surface area contributed by atoms with Crippen LogP contribution in [0.1, 0.15) is 22.0 Å². The number of nitrogens with one attached hydrogen (secondary N) is 1. The van der Waals surface area contributed by atoms with Crippen LogP contribution in [0.15, 0.2) is 59.1 Å². The van der Waals surface area contributed by atoms with Gasteiger partial charge >= 0.3 is 6.09 Å². The summed E-state index contributed by atoms with van der Waals surface area (Å²) in [4.78, 5) is 37.2. The standard InChI is InChI=1S/C18H15BrN2O4/c19-14-9-5-4-8-13(14)17(23)20-15(12-6-2-1-3-7-12)10-21-16(22)11-25-18(21)24/h1-9,15H,10-11H2,(H,20,23). The van der Waals surface area contributed by atoms with Crippen LogP contribution in [0, 0.1) is 0 Å². The Morgan fingerprint density at radius 3 is 2.44 bits per heavy atom. The van der Waals surface area contributed by atoms with Gasteiger partial charge in [0.2, 0.25) is 0 Å². The van der Waals surface area contributed by atoms with E-state index in [1.807, 2.05) is 36.4 Å². The third-order valence-electron chi connectivity index (χ3n) is 3.83. The minimum Gasteiger partial charge on any atom is -0.439 e. The van der Waals surface area contributed by atoms with Crippen LogP contribution in [-0.2, 0) is 9.53 Å². The molecule has 128 valence electrons. The maximum Gasteiger partial charge on any atom is 0.417 e. The van der Waals surface area contributed by atoms with Crippen LogP contribution in [0.25, 0.3) is 0 Å². The number of hydrogen-bond acceptors (Lipinski definition) is 4. The first kappa shape index (κ1) is 17.2. The van der Waals surface area contributed by atoms with Gasteiger partial charge < -0.3 is 10.1 Å². The van der Waals surface area contributed by atoms with Crippen LogP contribution in [0.4, 0.5) is 4.79 Å². The molecular formula is C18H15BrN2O4. The fourth-order valence-corrected chi connectivity index (χ4v) is 3.01. The number of cyclic esters (lactones) is 1. The van der Waals surface area contributed by atoms with Gasteiger partial charge in [-0.15, -0.1) is 0 Å². The van der Waals surface area contributed by atoms with E-state index in [1.54, 1.807) is 18.2 Å². The number of rotatable bonds is 5. The van der Waals surface area contributed by atoms with E-state index in [0.29, 0.717) is 10.0 Å². The van der Waals surface area contributed by atoms with Crippen LogP contribution >= 0.6 is 15.9 Å². The van der Waals surface area contributed by atoms with Gasteiger partial charge in [-0.1, -0.05) is 42.5 Å². The Kier molecular flexibility index (Phi) is 5.14. The summed E-state index contributed by atoms with van der Waals surface area (Å²) in [5.74, 6) is -0.720. The van der Waals surface area contributed by atoms with E-state index in [0.717, 1.165) is 10.5 Å². The molecule has 0 saturated carbocycles. The third kappa shape index (κ3) is 3.88. The molecule has 25 heavy (non-hydrogen) atoms. The largest absolute Gasteiger partial charge is 0.439 e. The number of amides is 3. The first-order chi connectivity index (χ1) is 12.1. The molecule has 1 atom stereocenters. The highest BCUT2D eigenvalue weighted by molar-refractivity contribution is 9.10. The fraction of sp³-hybridized carbons (Fsp3) is 0.167. The zero-order valence-corrected chi connectivity index (χ0v) is 14.7. The smallest absolute Gasteiger partial charge is 0.417 e.